The number of methoxy groups -OCH3 is 1. The van der Waals surface area contributed by atoms with E-state index in [1.54, 1.807) is 37.4 Å². The molecule has 1 aliphatic heterocycles. The Balaban J connectivity index is 1.39. The standard InChI is InChI=1S/C25H19Cl2N3O2/c1-32-22-7-4-16-10-17-8-9-30(24(17)29-23(16)14-22)21-5-2-15(3-6-21)25(31)28-20-12-18(26)11-19(27)13-20/h2-7,10-14H,8-9H2,1H3,(H,28,31). The average Bonchev–Trinajstić information content (AvgIpc) is 3.19. The first-order chi connectivity index (χ1) is 15.5. The molecule has 1 aromatic heterocycles. The third-order valence-corrected chi connectivity index (χ3v) is 5.94. The van der Waals surface area contributed by atoms with Crippen molar-refractivity contribution in [1.29, 1.82) is 0 Å². The molecular weight excluding hydrogens is 445 g/mol. The zero-order chi connectivity index (χ0) is 22.2. The van der Waals surface area contributed by atoms with Gasteiger partial charge in [-0.15, -0.1) is 0 Å². The van der Waals surface area contributed by atoms with E-state index in [2.05, 4.69) is 16.3 Å². The summed E-state index contributed by atoms with van der Waals surface area (Å²) in [6.07, 6.45) is 0.919. The van der Waals surface area contributed by atoms with Crippen LogP contribution in [0.25, 0.3) is 10.9 Å². The van der Waals surface area contributed by atoms with Gasteiger partial charge in [0, 0.05) is 45.0 Å². The summed E-state index contributed by atoms with van der Waals surface area (Å²) < 4.78 is 5.34. The largest absolute Gasteiger partial charge is 0.497 e. The minimum Gasteiger partial charge on any atom is -0.497 e. The van der Waals surface area contributed by atoms with E-state index in [1.165, 1.54) is 5.56 Å². The van der Waals surface area contributed by atoms with Gasteiger partial charge in [-0.25, -0.2) is 4.98 Å². The lowest BCUT2D eigenvalue weighted by Gasteiger charge is -2.19. The summed E-state index contributed by atoms with van der Waals surface area (Å²) in [5.41, 5.74) is 4.19. The molecule has 0 unspecified atom stereocenters. The Morgan fingerprint density at radius 2 is 1.75 bits per heavy atom. The van der Waals surface area contributed by atoms with Crippen LogP contribution in [0, 0.1) is 0 Å². The number of hydrogen-bond acceptors (Lipinski definition) is 4. The highest BCUT2D eigenvalue weighted by Crippen LogP contribution is 2.35. The molecule has 0 radical (unpaired) electrons. The summed E-state index contributed by atoms with van der Waals surface area (Å²) in [4.78, 5) is 19.7. The van der Waals surface area contributed by atoms with Gasteiger partial charge in [-0.2, -0.15) is 0 Å². The average molecular weight is 464 g/mol. The smallest absolute Gasteiger partial charge is 0.255 e. The van der Waals surface area contributed by atoms with E-state index < -0.39 is 0 Å². The van der Waals surface area contributed by atoms with E-state index in [0.29, 0.717) is 21.3 Å². The van der Waals surface area contributed by atoms with E-state index in [1.807, 2.05) is 30.3 Å². The molecule has 0 fully saturated rings. The fourth-order valence-electron chi connectivity index (χ4n) is 3.94. The molecule has 7 heteroatoms. The number of hydrogen-bond donors (Lipinski definition) is 1. The molecule has 5 rings (SSSR count). The summed E-state index contributed by atoms with van der Waals surface area (Å²) in [5, 5.41) is 4.86. The molecule has 0 atom stereocenters. The number of fused-ring (bicyclic) bond motifs is 2. The van der Waals surface area contributed by atoms with Gasteiger partial charge in [0.25, 0.3) is 5.91 Å². The first kappa shape index (κ1) is 20.6. The molecule has 32 heavy (non-hydrogen) atoms. The maximum atomic E-state index is 12.6. The number of pyridine rings is 1. The third-order valence-electron chi connectivity index (χ3n) is 5.50. The zero-order valence-corrected chi connectivity index (χ0v) is 18.7. The van der Waals surface area contributed by atoms with Crippen molar-refractivity contribution >= 4 is 57.2 Å². The van der Waals surface area contributed by atoms with Crippen molar-refractivity contribution in [2.45, 2.75) is 6.42 Å². The topological polar surface area (TPSA) is 54.5 Å². The van der Waals surface area contributed by atoms with Crippen LogP contribution >= 0.6 is 23.2 Å². The van der Waals surface area contributed by atoms with Gasteiger partial charge in [-0.05, 0) is 72.6 Å². The number of nitrogens with zero attached hydrogens (tertiary/aromatic N) is 2. The Hall–Kier alpha value is -3.28. The SMILES string of the molecule is COc1ccc2cc3c(nc2c1)N(c1ccc(C(=O)Nc2cc(Cl)cc(Cl)c2)cc1)CC3. The van der Waals surface area contributed by atoms with E-state index >= 15 is 0 Å². The Labute approximate surface area is 195 Å². The molecule has 1 amide bonds. The van der Waals surface area contributed by atoms with Crippen molar-refractivity contribution in [3.05, 3.63) is 87.9 Å². The molecule has 1 N–H and O–H groups in total. The number of carbonyl (C=O) groups excluding carboxylic acids is 1. The van der Waals surface area contributed by atoms with Crippen LogP contribution < -0.4 is 15.0 Å². The number of aromatic nitrogens is 1. The number of amides is 1. The molecule has 0 bridgehead atoms. The van der Waals surface area contributed by atoms with Gasteiger partial charge < -0.3 is 15.0 Å². The maximum absolute atomic E-state index is 12.6. The molecule has 0 spiro atoms. The van der Waals surface area contributed by atoms with Gasteiger partial charge in [0.2, 0.25) is 0 Å². The Morgan fingerprint density at radius 1 is 1.00 bits per heavy atom. The molecule has 0 aliphatic carbocycles. The fourth-order valence-corrected chi connectivity index (χ4v) is 4.46. The monoisotopic (exact) mass is 463 g/mol. The maximum Gasteiger partial charge on any atom is 0.255 e. The first-order valence-corrected chi connectivity index (χ1v) is 10.9. The quantitative estimate of drug-likeness (QED) is 0.375. The van der Waals surface area contributed by atoms with Crippen LogP contribution in [0.2, 0.25) is 10.0 Å². The van der Waals surface area contributed by atoms with E-state index in [0.717, 1.165) is 41.1 Å². The van der Waals surface area contributed by atoms with Crippen molar-refractivity contribution in [2.75, 3.05) is 23.9 Å². The van der Waals surface area contributed by atoms with Gasteiger partial charge in [-0.3, -0.25) is 4.79 Å². The van der Waals surface area contributed by atoms with Gasteiger partial charge in [-0.1, -0.05) is 23.2 Å². The summed E-state index contributed by atoms with van der Waals surface area (Å²) in [7, 11) is 1.65. The minimum atomic E-state index is -0.229. The summed E-state index contributed by atoms with van der Waals surface area (Å²) in [5.74, 6) is 1.50. The molecule has 1 aliphatic rings. The molecule has 0 saturated carbocycles. The highest BCUT2D eigenvalue weighted by molar-refractivity contribution is 6.35. The fraction of sp³-hybridized carbons (Fsp3) is 0.120. The van der Waals surface area contributed by atoms with Gasteiger partial charge in [0.1, 0.15) is 11.6 Å². The van der Waals surface area contributed by atoms with Crippen LogP contribution in [0.15, 0.2) is 66.7 Å². The normalized spacial score (nSPS) is 12.7. The zero-order valence-electron chi connectivity index (χ0n) is 17.2. The molecular formula is C25H19Cl2N3O2. The van der Waals surface area contributed by atoms with Crippen molar-refractivity contribution < 1.29 is 9.53 Å². The van der Waals surface area contributed by atoms with Gasteiger partial charge >= 0.3 is 0 Å². The van der Waals surface area contributed by atoms with Gasteiger partial charge in [0.15, 0.2) is 0 Å². The number of nitrogens with one attached hydrogen (secondary N) is 1. The number of rotatable bonds is 4. The first-order valence-electron chi connectivity index (χ1n) is 10.1. The minimum absolute atomic E-state index is 0.229. The molecule has 3 aromatic carbocycles. The van der Waals surface area contributed by atoms with Crippen molar-refractivity contribution in [1.82, 2.24) is 4.98 Å². The number of carbonyl (C=O) groups is 1. The second kappa shape index (κ2) is 8.34. The number of anilines is 3. The van der Waals surface area contributed by atoms with Gasteiger partial charge in [0.05, 0.1) is 12.6 Å². The van der Waals surface area contributed by atoms with Crippen LogP contribution in [0.5, 0.6) is 5.75 Å². The predicted molar refractivity (Wildman–Crippen MR) is 130 cm³/mol. The van der Waals surface area contributed by atoms with E-state index in [-0.39, 0.29) is 5.91 Å². The van der Waals surface area contributed by atoms with Crippen LogP contribution in [0.4, 0.5) is 17.2 Å². The highest BCUT2D eigenvalue weighted by atomic mass is 35.5. The van der Waals surface area contributed by atoms with Crippen molar-refractivity contribution in [2.24, 2.45) is 0 Å². The Kier molecular flexibility index (Phi) is 5.37. The Bertz CT molecular complexity index is 1320. The van der Waals surface area contributed by atoms with Crippen LogP contribution in [-0.2, 0) is 6.42 Å². The second-order valence-corrected chi connectivity index (χ2v) is 8.46. The lowest BCUT2D eigenvalue weighted by atomic mass is 10.1. The number of ether oxygens (including phenoxy) is 1. The van der Waals surface area contributed by atoms with E-state index in [9.17, 15) is 4.79 Å². The molecule has 4 aromatic rings. The van der Waals surface area contributed by atoms with E-state index in [4.69, 9.17) is 32.9 Å². The van der Waals surface area contributed by atoms with Crippen LogP contribution in [0.3, 0.4) is 0 Å². The molecule has 2 heterocycles. The molecule has 0 saturated heterocycles. The van der Waals surface area contributed by atoms with Crippen molar-refractivity contribution in [3.63, 3.8) is 0 Å². The highest BCUT2D eigenvalue weighted by Gasteiger charge is 2.23. The number of halogens is 2. The lowest BCUT2D eigenvalue weighted by molar-refractivity contribution is 0.102. The summed E-state index contributed by atoms with van der Waals surface area (Å²) >= 11 is 12.0. The molecule has 160 valence electrons. The van der Waals surface area contributed by atoms with Crippen LogP contribution in [0.1, 0.15) is 15.9 Å². The summed E-state index contributed by atoms with van der Waals surface area (Å²) in [6, 6.07) is 20.5. The Morgan fingerprint density at radius 3 is 2.47 bits per heavy atom. The molecule has 5 nitrogen and oxygen atoms in total. The number of benzene rings is 3. The third kappa shape index (κ3) is 3.97. The van der Waals surface area contributed by atoms with Crippen molar-refractivity contribution in [3.8, 4) is 5.75 Å². The summed E-state index contributed by atoms with van der Waals surface area (Å²) in [6.45, 7) is 0.836. The second-order valence-electron chi connectivity index (χ2n) is 7.59. The van der Waals surface area contributed by atoms with Crippen LogP contribution in [-0.4, -0.2) is 24.5 Å². The predicted octanol–water partition coefficient (Wildman–Crippen LogP) is 6.50. The lowest BCUT2D eigenvalue weighted by Crippen LogP contribution is -2.15.